The summed E-state index contributed by atoms with van der Waals surface area (Å²) >= 11 is 0. The van der Waals surface area contributed by atoms with Gasteiger partial charge in [0.15, 0.2) is 0 Å². The van der Waals surface area contributed by atoms with E-state index in [1.807, 2.05) is 13.8 Å². The molecule has 1 aromatic rings. The quantitative estimate of drug-likeness (QED) is 0.658. The molecule has 2 rings (SSSR count). The summed E-state index contributed by atoms with van der Waals surface area (Å²) in [6.45, 7) is 3.96. The number of nitro groups is 1. The number of hydrogen-bond acceptors (Lipinski definition) is 5. The number of aromatic nitrogens is 1. The number of nitrogens with two attached hydrogens (primary N) is 1. The SMILES string of the molecule is CC1CCCC(C)N1C(=O)c1cc([N+](=O)[O-])cnc1N. The minimum atomic E-state index is -0.577. The van der Waals surface area contributed by atoms with Crippen LogP contribution >= 0.6 is 0 Å². The molecular formula is C13H18N4O3. The number of nitrogens with zero attached hydrogens (tertiary/aromatic N) is 3. The van der Waals surface area contributed by atoms with Crippen molar-refractivity contribution in [2.75, 3.05) is 5.73 Å². The van der Waals surface area contributed by atoms with Gasteiger partial charge >= 0.3 is 0 Å². The first-order chi connectivity index (χ1) is 9.41. The lowest BCUT2D eigenvalue weighted by molar-refractivity contribution is -0.385. The Labute approximate surface area is 116 Å². The van der Waals surface area contributed by atoms with Crippen molar-refractivity contribution in [3.63, 3.8) is 0 Å². The molecule has 1 amide bonds. The topological polar surface area (TPSA) is 102 Å². The van der Waals surface area contributed by atoms with Crippen LogP contribution in [-0.2, 0) is 0 Å². The number of rotatable bonds is 2. The van der Waals surface area contributed by atoms with Crippen molar-refractivity contribution in [2.24, 2.45) is 0 Å². The maximum absolute atomic E-state index is 12.6. The first kappa shape index (κ1) is 14.2. The maximum Gasteiger partial charge on any atom is 0.288 e. The van der Waals surface area contributed by atoms with Gasteiger partial charge in [-0.25, -0.2) is 4.98 Å². The van der Waals surface area contributed by atoms with Gasteiger partial charge in [-0.3, -0.25) is 14.9 Å². The van der Waals surface area contributed by atoms with Crippen molar-refractivity contribution < 1.29 is 9.72 Å². The van der Waals surface area contributed by atoms with E-state index in [1.165, 1.54) is 6.07 Å². The van der Waals surface area contributed by atoms with Gasteiger partial charge in [-0.15, -0.1) is 0 Å². The average molecular weight is 278 g/mol. The van der Waals surface area contributed by atoms with Gasteiger partial charge in [0.1, 0.15) is 12.0 Å². The molecule has 0 aromatic carbocycles. The summed E-state index contributed by atoms with van der Waals surface area (Å²) in [5, 5.41) is 10.8. The fourth-order valence-corrected chi connectivity index (χ4v) is 2.70. The van der Waals surface area contributed by atoms with Crippen LogP contribution in [-0.4, -0.2) is 32.8 Å². The molecule has 108 valence electrons. The number of hydrogen-bond donors (Lipinski definition) is 1. The zero-order valence-electron chi connectivity index (χ0n) is 11.6. The highest BCUT2D eigenvalue weighted by molar-refractivity contribution is 5.99. The van der Waals surface area contributed by atoms with Gasteiger partial charge in [0.05, 0.1) is 10.5 Å². The van der Waals surface area contributed by atoms with Crippen LogP contribution in [0.15, 0.2) is 12.3 Å². The summed E-state index contributed by atoms with van der Waals surface area (Å²) in [6.07, 6.45) is 4.00. The third-order valence-corrected chi connectivity index (χ3v) is 3.77. The Morgan fingerprint density at radius 2 is 2.05 bits per heavy atom. The van der Waals surface area contributed by atoms with Gasteiger partial charge in [0.2, 0.25) is 0 Å². The Hall–Kier alpha value is -2.18. The van der Waals surface area contributed by atoms with Crippen molar-refractivity contribution >= 4 is 17.4 Å². The fourth-order valence-electron chi connectivity index (χ4n) is 2.70. The van der Waals surface area contributed by atoms with E-state index in [9.17, 15) is 14.9 Å². The normalized spacial score (nSPS) is 22.6. The number of nitrogen functional groups attached to an aromatic ring is 1. The van der Waals surface area contributed by atoms with E-state index in [2.05, 4.69) is 4.98 Å². The summed E-state index contributed by atoms with van der Waals surface area (Å²) < 4.78 is 0. The third kappa shape index (κ3) is 2.56. The zero-order valence-corrected chi connectivity index (χ0v) is 11.6. The van der Waals surface area contributed by atoms with Crippen molar-refractivity contribution in [3.05, 3.63) is 27.9 Å². The molecule has 2 heterocycles. The summed E-state index contributed by atoms with van der Waals surface area (Å²) in [7, 11) is 0. The smallest absolute Gasteiger partial charge is 0.288 e. The minimum absolute atomic E-state index is 0.0329. The summed E-state index contributed by atoms with van der Waals surface area (Å²) in [5.74, 6) is -0.246. The number of likely N-dealkylation sites (tertiary alicyclic amines) is 1. The molecule has 7 nitrogen and oxygen atoms in total. The van der Waals surface area contributed by atoms with E-state index < -0.39 is 4.92 Å². The lowest BCUT2D eigenvalue weighted by atomic mass is 9.96. The number of carbonyl (C=O) groups excluding carboxylic acids is 1. The first-order valence-corrected chi connectivity index (χ1v) is 6.64. The molecule has 0 saturated carbocycles. The molecule has 1 aliphatic heterocycles. The molecule has 0 spiro atoms. The Balaban J connectivity index is 2.37. The highest BCUT2D eigenvalue weighted by atomic mass is 16.6. The molecule has 2 unspecified atom stereocenters. The Bertz CT molecular complexity index is 536. The van der Waals surface area contributed by atoms with Gasteiger partial charge in [-0.05, 0) is 33.1 Å². The molecule has 20 heavy (non-hydrogen) atoms. The molecular weight excluding hydrogens is 260 g/mol. The van der Waals surface area contributed by atoms with E-state index in [4.69, 9.17) is 5.73 Å². The average Bonchev–Trinajstić information content (AvgIpc) is 2.38. The van der Waals surface area contributed by atoms with Crippen molar-refractivity contribution in [1.29, 1.82) is 0 Å². The molecule has 0 bridgehead atoms. The highest BCUT2D eigenvalue weighted by Gasteiger charge is 2.31. The highest BCUT2D eigenvalue weighted by Crippen LogP contribution is 2.27. The molecule has 1 fully saturated rings. The third-order valence-electron chi connectivity index (χ3n) is 3.77. The summed E-state index contributed by atoms with van der Waals surface area (Å²) in [5.41, 5.74) is 5.60. The Kier molecular flexibility index (Phi) is 3.87. The van der Waals surface area contributed by atoms with E-state index in [0.717, 1.165) is 25.5 Å². The predicted molar refractivity (Wildman–Crippen MR) is 74.2 cm³/mol. The van der Waals surface area contributed by atoms with Crippen LogP contribution in [0.2, 0.25) is 0 Å². The molecule has 7 heteroatoms. The number of pyridine rings is 1. The standard InChI is InChI=1S/C13H18N4O3/c1-8-4-3-5-9(2)16(8)13(18)11-6-10(17(19)20)7-15-12(11)14/h6-9H,3-5H2,1-2H3,(H2,14,15). The molecule has 2 atom stereocenters. The van der Waals surface area contributed by atoms with Gasteiger partial charge < -0.3 is 10.6 Å². The number of amides is 1. The van der Waals surface area contributed by atoms with Crippen LogP contribution in [0, 0.1) is 10.1 Å². The van der Waals surface area contributed by atoms with Gasteiger partial charge in [-0.2, -0.15) is 0 Å². The number of carbonyl (C=O) groups is 1. The van der Waals surface area contributed by atoms with Crippen molar-refractivity contribution in [2.45, 2.75) is 45.2 Å². The summed E-state index contributed by atoms with van der Waals surface area (Å²) in [4.78, 5) is 28.3. The lowest BCUT2D eigenvalue weighted by Gasteiger charge is -2.39. The van der Waals surface area contributed by atoms with Crippen LogP contribution in [0.4, 0.5) is 11.5 Å². The minimum Gasteiger partial charge on any atom is -0.383 e. The van der Waals surface area contributed by atoms with Crippen LogP contribution in [0.25, 0.3) is 0 Å². The second-order valence-corrected chi connectivity index (χ2v) is 5.22. The number of anilines is 1. The van der Waals surface area contributed by atoms with E-state index in [0.29, 0.717) is 0 Å². The fraction of sp³-hybridized carbons (Fsp3) is 0.538. The summed E-state index contributed by atoms with van der Waals surface area (Å²) in [6, 6.07) is 1.41. The second-order valence-electron chi connectivity index (χ2n) is 5.22. The molecule has 1 aromatic heterocycles. The molecule has 0 aliphatic carbocycles. The van der Waals surface area contributed by atoms with E-state index in [-0.39, 0.29) is 35.1 Å². The predicted octanol–water partition coefficient (Wildman–Crippen LogP) is 1.98. The molecule has 0 radical (unpaired) electrons. The van der Waals surface area contributed by atoms with Gasteiger partial charge in [0, 0.05) is 18.2 Å². The lowest BCUT2D eigenvalue weighted by Crippen LogP contribution is -2.47. The largest absolute Gasteiger partial charge is 0.383 e. The maximum atomic E-state index is 12.6. The van der Waals surface area contributed by atoms with Crippen LogP contribution in [0.5, 0.6) is 0 Å². The van der Waals surface area contributed by atoms with Crippen LogP contribution < -0.4 is 5.73 Å². The van der Waals surface area contributed by atoms with E-state index >= 15 is 0 Å². The number of piperidine rings is 1. The Morgan fingerprint density at radius 3 is 2.60 bits per heavy atom. The van der Waals surface area contributed by atoms with Crippen LogP contribution in [0.3, 0.4) is 0 Å². The van der Waals surface area contributed by atoms with E-state index in [1.54, 1.807) is 4.90 Å². The molecule has 1 saturated heterocycles. The molecule has 2 N–H and O–H groups in total. The van der Waals surface area contributed by atoms with Gasteiger partial charge in [-0.1, -0.05) is 0 Å². The Morgan fingerprint density at radius 1 is 1.45 bits per heavy atom. The monoisotopic (exact) mass is 278 g/mol. The molecule has 1 aliphatic rings. The first-order valence-electron chi connectivity index (χ1n) is 6.64. The zero-order chi connectivity index (χ0) is 14.9. The van der Waals surface area contributed by atoms with Crippen molar-refractivity contribution in [3.8, 4) is 0 Å². The second kappa shape index (κ2) is 5.44. The van der Waals surface area contributed by atoms with Crippen molar-refractivity contribution in [1.82, 2.24) is 9.88 Å². The van der Waals surface area contributed by atoms with Crippen LogP contribution in [0.1, 0.15) is 43.5 Å². The van der Waals surface area contributed by atoms with Gasteiger partial charge in [0.25, 0.3) is 11.6 Å².